The average Bonchev–Trinajstić information content (AvgIpc) is 3.30. The van der Waals surface area contributed by atoms with E-state index in [0.717, 1.165) is 0 Å². The van der Waals surface area contributed by atoms with E-state index in [4.69, 9.17) is 18.9 Å². The second-order valence-electron chi connectivity index (χ2n) is 9.40. The van der Waals surface area contributed by atoms with Crippen molar-refractivity contribution in [2.24, 2.45) is 0 Å². The SMILES string of the molecule is O=c1c2ccccc2nc2n1CC[C@H]2O[C@@H]1O[C@H](CO[C@@H]2O[C@H](CO)[C@@H](O)[C@H](O)[C@H]2O)[C@@H](O)[C@H](O)[C@H]1O. The van der Waals surface area contributed by atoms with Crippen LogP contribution >= 0.6 is 0 Å². The van der Waals surface area contributed by atoms with Crippen LogP contribution in [0.3, 0.4) is 0 Å². The molecule has 0 amide bonds. The number of para-hydroxylation sites is 1. The maximum atomic E-state index is 12.8. The van der Waals surface area contributed by atoms with Crippen molar-refractivity contribution in [2.75, 3.05) is 13.2 Å². The zero-order chi connectivity index (χ0) is 26.4. The quantitative estimate of drug-likeness (QED) is 0.195. The Morgan fingerprint density at radius 3 is 2.27 bits per heavy atom. The Kier molecular flexibility index (Phi) is 7.59. The molecule has 1 aromatic heterocycles. The van der Waals surface area contributed by atoms with Crippen molar-refractivity contribution in [1.82, 2.24) is 9.55 Å². The van der Waals surface area contributed by atoms with Crippen LogP contribution in [0.25, 0.3) is 10.9 Å². The van der Waals surface area contributed by atoms with E-state index in [1.54, 1.807) is 24.3 Å². The molecule has 0 spiro atoms. The third-order valence-electron chi connectivity index (χ3n) is 7.03. The molecule has 2 fully saturated rings. The molecule has 0 unspecified atom stereocenters. The third-order valence-corrected chi connectivity index (χ3v) is 7.03. The average molecular weight is 526 g/mol. The lowest BCUT2D eigenvalue weighted by molar-refractivity contribution is -0.336. The largest absolute Gasteiger partial charge is 0.394 e. The molecule has 2 saturated heterocycles. The smallest absolute Gasteiger partial charge is 0.261 e. The molecule has 11 atom stereocenters. The summed E-state index contributed by atoms with van der Waals surface area (Å²) >= 11 is 0. The summed E-state index contributed by atoms with van der Waals surface area (Å²) < 4.78 is 23.8. The van der Waals surface area contributed by atoms with E-state index in [1.807, 2.05) is 0 Å². The molecule has 2 aromatic rings. The highest BCUT2D eigenvalue weighted by Gasteiger charge is 2.48. The minimum Gasteiger partial charge on any atom is -0.394 e. The van der Waals surface area contributed by atoms with Gasteiger partial charge in [0.05, 0.1) is 24.1 Å². The summed E-state index contributed by atoms with van der Waals surface area (Å²) in [7, 11) is 0. The van der Waals surface area contributed by atoms with Gasteiger partial charge in [-0.3, -0.25) is 9.36 Å². The van der Waals surface area contributed by atoms with E-state index < -0.39 is 80.7 Å². The highest BCUT2D eigenvalue weighted by molar-refractivity contribution is 5.77. The normalized spacial score (nSPS) is 40.1. The number of hydrogen-bond acceptors (Lipinski definition) is 13. The summed E-state index contributed by atoms with van der Waals surface area (Å²) in [4.78, 5) is 17.4. The van der Waals surface area contributed by atoms with E-state index >= 15 is 0 Å². The number of rotatable bonds is 6. The fourth-order valence-corrected chi connectivity index (χ4v) is 4.87. The van der Waals surface area contributed by atoms with Crippen molar-refractivity contribution < 1.29 is 54.7 Å². The van der Waals surface area contributed by atoms with Crippen LogP contribution in [0, 0.1) is 0 Å². The molecule has 0 saturated carbocycles. The van der Waals surface area contributed by atoms with Gasteiger partial charge in [-0.25, -0.2) is 4.98 Å². The van der Waals surface area contributed by atoms with Gasteiger partial charge in [0.1, 0.15) is 60.8 Å². The molecule has 5 rings (SSSR count). The van der Waals surface area contributed by atoms with Crippen molar-refractivity contribution in [1.29, 1.82) is 0 Å². The summed E-state index contributed by atoms with van der Waals surface area (Å²) in [5.74, 6) is 0.342. The molecule has 37 heavy (non-hydrogen) atoms. The number of aliphatic hydroxyl groups is 7. The Morgan fingerprint density at radius 1 is 0.892 bits per heavy atom. The monoisotopic (exact) mass is 526 g/mol. The van der Waals surface area contributed by atoms with Gasteiger partial charge in [0, 0.05) is 6.54 Å². The molecule has 204 valence electrons. The molecule has 0 bridgehead atoms. The van der Waals surface area contributed by atoms with Crippen LogP contribution in [-0.2, 0) is 25.5 Å². The molecule has 0 aliphatic carbocycles. The second kappa shape index (κ2) is 10.6. The van der Waals surface area contributed by atoms with Gasteiger partial charge in [-0.05, 0) is 18.6 Å². The molecule has 0 radical (unpaired) electrons. The molecule has 14 nitrogen and oxygen atoms in total. The van der Waals surface area contributed by atoms with E-state index in [9.17, 15) is 40.5 Å². The lowest BCUT2D eigenvalue weighted by Crippen LogP contribution is -2.61. The van der Waals surface area contributed by atoms with Crippen molar-refractivity contribution in [3.63, 3.8) is 0 Å². The molecule has 14 heteroatoms. The van der Waals surface area contributed by atoms with E-state index in [1.165, 1.54) is 4.57 Å². The first kappa shape index (κ1) is 26.5. The van der Waals surface area contributed by atoms with Gasteiger partial charge < -0.3 is 54.7 Å². The summed E-state index contributed by atoms with van der Waals surface area (Å²) in [6.07, 6.45) is -15.6. The molecule has 3 aliphatic rings. The Bertz CT molecular complexity index is 1160. The summed E-state index contributed by atoms with van der Waals surface area (Å²) in [6.45, 7) is -0.797. The maximum Gasteiger partial charge on any atom is 0.261 e. The van der Waals surface area contributed by atoms with Gasteiger partial charge in [-0.2, -0.15) is 0 Å². The number of aliphatic hydroxyl groups excluding tert-OH is 7. The molecule has 3 aliphatic heterocycles. The topological polar surface area (TPSA) is 213 Å². The first-order valence-electron chi connectivity index (χ1n) is 12.0. The zero-order valence-electron chi connectivity index (χ0n) is 19.6. The molecule has 1 aromatic carbocycles. The number of hydrogen-bond donors (Lipinski definition) is 7. The Morgan fingerprint density at radius 2 is 1.54 bits per heavy atom. The van der Waals surface area contributed by atoms with Crippen LogP contribution in [0.4, 0.5) is 0 Å². The third kappa shape index (κ3) is 4.79. The molecule has 7 N–H and O–H groups in total. The number of ether oxygens (including phenoxy) is 4. The fourth-order valence-electron chi connectivity index (χ4n) is 4.87. The Balaban J connectivity index is 1.29. The standard InChI is InChI=1S/C23H30N2O12/c26-7-12-14(27)16(29)18(31)22(36-12)34-8-13-15(28)17(30)19(32)23(37-13)35-11-5-6-25-20(11)24-10-4-2-1-3-9(10)21(25)33/h1-4,11-19,22-23,26-32H,5-8H2/t11-,12-,13-,14-,15-,16+,17+,18-,19-,22-,23-/m1/s1. The number of aromatic nitrogens is 2. The predicted octanol–water partition coefficient (Wildman–Crippen LogP) is -3.52. The second-order valence-corrected chi connectivity index (χ2v) is 9.40. The van der Waals surface area contributed by atoms with E-state index in [-0.39, 0.29) is 5.56 Å². The van der Waals surface area contributed by atoms with Crippen molar-refractivity contribution in [3.8, 4) is 0 Å². The number of nitrogens with zero attached hydrogens (tertiary/aromatic N) is 2. The van der Waals surface area contributed by atoms with E-state index in [2.05, 4.69) is 4.98 Å². The highest BCUT2D eigenvalue weighted by Crippen LogP contribution is 2.33. The van der Waals surface area contributed by atoms with Crippen LogP contribution in [0.5, 0.6) is 0 Å². The minimum atomic E-state index is -1.68. The van der Waals surface area contributed by atoms with Gasteiger partial charge in [-0.1, -0.05) is 12.1 Å². The van der Waals surface area contributed by atoms with Gasteiger partial charge in [0.25, 0.3) is 5.56 Å². The lowest BCUT2D eigenvalue weighted by Gasteiger charge is -2.43. The number of fused-ring (bicyclic) bond motifs is 2. The van der Waals surface area contributed by atoms with Crippen LogP contribution < -0.4 is 5.56 Å². The Hall–Kier alpha value is -2.08. The Labute approximate surface area is 209 Å². The van der Waals surface area contributed by atoms with Gasteiger partial charge >= 0.3 is 0 Å². The van der Waals surface area contributed by atoms with Crippen LogP contribution in [0.15, 0.2) is 29.1 Å². The van der Waals surface area contributed by atoms with Crippen LogP contribution in [0.1, 0.15) is 18.3 Å². The molecule has 4 heterocycles. The zero-order valence-corrected chi connectivity index (χ0v) is 19.6. The summed E-state index contributed by atoms with van der Waals surface area (Å²) in [6, 6.07) is 6.87. The minimum absolute atomic E-state index is 0.224. The molecular formula is C23H30N2O12. The van der Waals surface area contributed by atoms with Crippen molar-refractivity contribution in [2.45, 2.75) is 80.5 Å². The van der Waals surface area contributed by atoms with Crippen LogP contribution in [0.2, 0.25) is 0 Å². The van der Waals surface area contributed by atoms with E-state index in [0.29, 0.717) is 29.7 Å². The fraction of sp³-hybridized carbons (Fsp3) is 0.652. The summed E-state index contributed by atoms with van der Waals surface area (Å²) in [5, 5.41) is 71.1. The first-order valence-corrected chi connectivity index (χ1v) is 12.0. The van der Waals surface area contributed by atoms with Crippen molar-refractivity contribution >= 4 is 10.9 Å². The first-order chi connectivity index (χ1) is 17.7. The maximum absolute atomic E-state index is 12.8. The van der Waals surface area contributed by atoms with Gasteiger partial charge in [0.15, 0.2) is 12.6 Å². The van der Waals surface area contributed by atoms with Crippen molar-refractivity contribution in [3.05, 3.63) is 40.4 Å². The van der Waals surface area contributed by atoms with Gasteiger partial charge in [0.2, 0.25) is 0 Å². The summed E-state index contributed by atoms with van der Waals surface area (Å²) in [5.41, 5.74) is 0.263. The van der Waals surface area contributed by atoms with Crippen LogP contribution in [-0.4, -0.2) is 120 Å². The molecular weight excluding hydrogens is 496 g/mol. The lowest BCUT2D eigenvalue weighted by atomic mass is 9.98. The van der Waals surface area contributed by atoms with Gasteiger partial charge in [-0.15, -0.1) is 0 Å². The highest BCUT2D eigenvalue weighted by atomic mass is 16.7. The predicted molar refractivity (Wildman–Crippen MR) is 121 cm³/mol. The number of benzene rings is 1.